The van der Waals surface area contributed by atoms with Gasteiger partial charge < -0.3 is 14.6 Å². The van der Waals surface area contributed by atoms with E-state index in [0.717, 1.165) is 36.3 Å². The summed E-state index contributed by atoms with van der Waals surface area (Å²) in [6.07, 6.45) is 6.19. The van der Waals surface area contributed by atoms with Gasteiger partial charge in [-0.25, -0.2) is 4.98 Å². The number of hydrogen-bond donors (Lipinski definition) is 2. The molecule has 0 radical (unpaired) electrons. The lowest BCUT2D eigenvalue weighted by Gasteiger charge is -2.18. The van der Waals surface area contributed by atoms with Crippen molar-refractivity contribution in [2.45, 2.75) is 38.8 Å². The van der Waals surface area contributed by atoms with E-state index in [0.29, 0.717) is 18.9 Å². The first-order chi connectivity index (χ1) is 10.7. The Morgan fingerprint density at radius 1 is 1.59 bits per heavy atom. The van der Waals surface area contributed by atoms with Crippen LogP contribution in [0.3, 0.4) is 0 Å². The molecule has 118 valence electrons. The maximum atomic E-state index is 12.6. The Kier molecular flexibility index (Phi) is 4.24. The highest BCUT2D eigenvalue weighted by atomic mass is 16.5. The van der Waals surface area contributed by atoms with Gasteiger partial charge in [-0.3, -0.25) is 9.89 Å². The van der Waals surface area contributed by atoms with Gasteiger partial charge in [0.05, 0.1) is 19.3 Å². The number of nitrogens with one attached hydrogen (secondary N) is 2. The highest BCUT2D eigenvalue weighted by Crippen LogP contribution is 2.21. The van der Waals surface area contributed by atoms with Crippen LogP contribution in [0.1, 0.15) is 53.4 Å². The minimum atomic E-state index is -0.176. The molecule has 22 heavy (non-hydrogen) atoms. The van der Waals surface area contributed by atoms with Crippen LogP contribution in [0.15, 0.2) is 12.4 Å². The fraction of sp³-hybridized carbons (Fsp3) is 0.533. The van der Waals surface area contributed by atoms with E-state index in [1.165, 1.54) is 0 Å². The van der Waals surface area contributed by atoms with Crippen molar-refractivity contribution in [1.82, 2.24) is 25.1 Å². The Morgan fingerprint density at radius 3 is 3.18 bits per heavy atom. The van der Waals surface area contributed by atoms with E-state index in [-0.39, 0.29) is 11.9 Å². The van der Waals surface area contributed by atoms with Gasteiger partial charge in [-0.1, -0.05) is 13.3 Å². The number of carbonyl (C=O) groups is 1. The summed E-state index contributed by atoms with van der Waals surface area (Å²) in [5.74, 6) is 0.681. The van der Waals surface area contributed by atoms with E-state index in [9.17, 15) is 4.79 Å². The van der Waals surface area contributed by atoms with Crippen LogP contribution in [0.25, 0.3) is 0 Å². The number of H-pyrrole nitrogens is 1. The van der Waals surface area contributed by atoms with Crippen LogP contribution in [0.2, 0.25) is 0 Å². The zero-order valence-electron chi connectivity index (χ0n) is 12.9. The summed E-state index contributed by atoms with van der Waals surface area (Å²) in [6.45, 7) is 3.20. The summed E-state index contributed by atoms with van der Waals surface area (Å²) in [6, 6.07) is -0.116. The Morgan fingerprint density at radius 2 is 2.45 bits per heavy atom. The minimum Gasteiger partial charge on any atom is -0.376 e. The lowest BCUT2D eigenvalue weighted by molar-refractivity contribution is 0.0905. The number of aromatic amines is 1. The SMILES string of the molecule is CCC[C@@H](NC(=O)c1n[nH]c2c1COCC2)c1nccn1C. The molecule has 3 rings (SSSR count). The smallest absolute Gasteiger partial charge is 0.272 e. The second-order valence-electron chi connectivity index (χ2n) is 5.54. The maximum Gasteiger partial charge on any atom is 0.272 e. The van der Waals surface area contributed by atoms with Gasteiger partial charge >= 0.3 is 0 Å². The standard InChI is InChI=1S/C15H21N5O2/c1-3-4-12(14-16-6-7-20(14)2)17-15(21)13-10-9-22-8-5-11(10)18-19-13/h6-7,12H,3-5,8-9H2,1-2H3,(H,17,21)(H,18,19)/t12-/m1/s1. The molecule has 0 aromatic carbocycles. The Labute approximate surface area is 129 Å². The summed E-state index contributed by atoms with van der Waals surface area (Å²) >= 11 is 0. The molecular formula is C15H21N5O2. The Hall–Kier alpha value is -2.15. The largest absolute Gasteiger partial charge is 0.376 e. The van der Waals surface area contributed by atoms with Crippen molar-refractivity contribution in [2.75, 3.05) is 6.61 Å². The molecule has 0 aliphatic carbocycles. The lowest BCUT2D eigenvalue weighted by atomic mass is 10.1. The summed E-state index contributed by atoms with van der Waals surface area (Å²) in [5.41, 5.74) is 2.31. The minimum absolute atomic E-state index is 0.116. The average molecular weight is 303 g/mol. The van der Waals surface area contributed by atoms with Crippen LogP contribution in [-0.4, -0.2) is 32.3 Å². The number of aromatic nitrogens is 4. The molecule has 2 aromatic rings. The molecule has 7 heteroatoms. The van der Waals surface area contributed by atoms with Gasteiger partial charge in [0.2, 0.25) is 0 Å². The molecule has 3 heterocycles. The van der Waals surface area contributed by atoms with Gasteiger partial charge in [-0.15, -0.1) is 0 Å². The third kappa shape index (κ3) is 2.76. The molecule has 0 unspecified atom stereocenters. The number of hydrogen-bond acceptors (Lipinski definition) is 4. The molecule has 1 atom stereocenters. The molecular weight excluding hydrogens is 282 g/mol. The monoisotopic (exact) mass is 303 g/mol. The Balaban J connectivity index is 1.80. The van der Waals surface area contributed by atoms with Crippen LogP contribution in [0, 0.1) is 0 Å². The summed E-state index contributed by atoms with van der Waals surface area (Å²) < 4.78 is 7.37. The van der Waals surface area contributed by atoms with Crippen molar-refractivity contribution >= 4 is 5.91 Å². The second kappa shape index (κ2) is 6.31. The molecule has 0 spiro atoms. The van der Waals surface area contributed by atoms with Crippen LogP contribution in [0.5, 0.6) is 0 Å². The number of carbonyl (C=O) groups excluding carboxylic acids is 1. The molecule has 1 amide bonds. The zero-order chi connectivity index (χ0) is 15.5. The van der Waals surface area contributed by atoms with Crippen molar-refractivity contribution in [3.8, 4) is 0 Å². The average Bonchev–Trinajstić information content (AvgIpc) is 3.12. The van der Waals surface area contributed by atoms with Gasteiger partial charge in [-0.2, -0.15) is 5.10 Å². The predicted octanol–water partition coefficient (Wildman–Crippen LogP) is 1.49. The highest BCUT2D eigenvalue weighted by molar-refractivity contribution is 5.94. The van der Waals surface area contributed by atoms with Gasteiger partial charge in [0.1, 0.15) is 5.82 Å². The third-order valence-electron chi connectivity index (χ3n) is 3.96. The predicted molar refractivity (Wildman–Crippen MR) is 80.3 cm³/mol. The molecule has 2 N–H and O–H groups in total. The first-order valence-electron chi connectivity index (χ1n) is 7.62. The Bertz CT molecular complexity index is 661. The number of rotatable bonds is 5. The molecule has 0 saturated carbocycles. The summed E-state index contributed by atoms with van der Waals surface area (Å²) in [4.78, 5) is 16.9. The number of ether oxygens (including phenoxy) is 1. The topological polar surface area (TPSA) is 84.8 Å². The fourth-order valence-electron chi connectivity index (χ4n) is 2.79. The lowest BCUT2D eigenvalue weighted by Crippen LogP contribution is -2.31. The highest BCUT2D eigenvalue weighted by Gasteiger charge is 2.25. The molecule has 1 aliphatic rings. The van der Waals surface area contributed by atoms with Crippen LogP contribution < -0.4 is 5.32 Å². The van der Waals surface area contributed by atoms with Gasteiger partial charge in [-0.05, 0) is 6.42 Å². The van der Waals surface area contributed by atoms with Crippen LogP contribution in [0.4, 0.5) is 0 Å². The van der Waals surface area contributed by atoms with Gasteiger partial charge in [0, 0.05) is 37.1 Å². The van der Waals surface area contributed by atoms with E-state index in [1.807, 2.05) is 17.8 Å². The van der Waals surface area contributed by atoms with Crippen molar-refractivity contribution in [3.05, 3.63) is 35.2 Å². The van der Waals surface area contributed by atoms with E-state index in [2.05, 4.69) is 27.4 Å². The van der Waals surface area contributed by atoms with Crippen LogP contribution in [-0.2, 0) is 24.8 Å². The molecule has 1 aliphatic heterocycles. The van der Waals surface area contributed by atoms with Crippen molar-refractivity contribution < 1.29 is 9.53 Å². The number of amides is 1. The van der Waals surface area contributed by atoms with Gasteiger partial charge in [0.25, 0.3) is 5.91 Å². The quantitative estimate of drug-likeness (QED) is 0.876. The first-order valence-corrected chi connectivity index (χ1v) is 7.62. The van der Waals surface area contributed by atoms with E-state index < -0.39 is 0 Å². The molecule has 2 aromatic heterocycles. The number of nitrogens with zero attached hydrogens (tertiary/aromatic N) is 3. The van der Waals surface area contributed by atoms with Crippen LogP contribution >= 0.6 is 0 Å². The number of imidazole rings is 1. The second-order valence-corrected chi connectivity index (χ2v) is 5.54. The van der Waals surface area contributed by atoms with Gasteiger partial charge in [0.15, 0.2) is 5.69 Å². The summed E-state index contributed by atoms with van der Waals surface area (Å²) in [5, 5.41) is 10.2. The number of fused-ring (bicyclic) bond motifs is 1. The first kappa shape index (κ1) is 14.8. The maximum absolute atomic E-state index is 12.6. The van der Waals surface area contributed by atoms with Crippen molar-refractivity contribution in [3.63, 3.8) is 0 Å². The van der Waals surface area contributed by atoms with Crippen molar-refractivity contribution in [2.24, 2.45) is 7.05 Å². The van der Waals surface area contributed by atoms with E-state index in [1.54, 1.807) is 6.20 Å². The molecule has 7 nitrogen and oxygen atoms in total. The normalized spacial score (nSPS) is 15.4. The zero-order valence-corrected chi connectivity index (χ0v) is 12.9. The fourth-order valence-corrected chi connectivity index (χ4v) is 2.79. The van der Waals surface area contributed by atoms with Crippen molar-refractivity contribution in [1.29, 1.82) is 0 Å². The molecule has 0 bridgehead atoms. The summed E-state index contributed by atoms with van der Waals surface area (Å²) in [7, 11) is 1.93. The number of aryl methyl sites for hydroxylation is 1. The molecule has 0 saturated heterocycles. The van der Waals surface area contributed by atoms with E-state index in [4.69, 9.17) is 4.74 Å². The molecule has 0 fully saturated rings. The third-order valence-corrected chi connectivity index (χ3v) is 3.96. The van der Waals surface area contributed by atoms with E-state index >= 15 is 0 Å².